The van der Waals surface area contributed by atoms with Crippen molar-refractivity contribution < 1.29 is 23.1 Å². The second-order valence-corrected chi connectivity index (χ2v) is 4.24. The Morgan fingerprint density at radius 2 is 1.81 bits per heavy atom. The van der Waals surface area contributed by atoms with Crippen molar-refractivity contribution in [2.45, 2.75) is 13.1 Å². The van der Waals surface area contributed by atoms with Crippen LogP contribution in [0.4, 0.5) is 13.2 Å². The van der Waals surface area contributed by atoms with Crippen LogP contribution in [0, 0.1) is 0 Å². The molecule has 1 N–H and O–H groups in total. The minimum absolute atomic E-state index is 0.167. The van der Waals surface area contributed by atoms with E-state index in [1.54, 1.807) is 0 Å². The number of halogens is 3. The van der Waals surface area contributed by atoms with E-state index >= 15 is 0 Å². The van der Waals surface area contributed by atoms with Crippen molar-refractivity contribution in [3.63, 3.8) is 0 Å². The number of carbonyl (C=O) groups is 1. The zero-order chi connectivity index (χ0) is 15.8. The van der Waals surface area contributed by atoms with E-state index in [0.717, 1.165) is 42.1 Å². The lowest BCUT2D eigenvalue weighted by Gasteiger charge is -2.10. The van der Waals surface area contributed by atoms with E-state index in [2.05, 4.69) is 5.10 Å². The molecule has 5 nitrogen and oxygen atoms in total. The van der Waals surface area contributed by atoms with Gasteiger partial charge in [0, 0.05) is 6.92 Å². The molecule has 0 atom stereocenters. The van der Waals surface area contributed by atoms with Gasteiger partial charge in [-0.3, -0.25) is 9.59 Å². The van der Waals surface area contributed by atoms with Crippen molar-refractivity contribution in [3.8, 4) is 11.4 Å². The molecule has 0 bridgehead atoms. The normalized spacial score (nSPS) is 11.4. The highest BCUT2D eigenvalue weighted by Crippen LogP contribution is 2.29. The number of ketones is 1. The van der Waals surface area contributed by atoms with Gasteiger partial charge in [0.25, 0.3) is 5.43 Å². The molecular formula is C13H9F3N2O3. The van der Waals surface area contributed by atoms with E-state index in [0.29, 0.717) is 0 Å². The summed E-state index contributed by atoms with van der Waals surface area (Å²) in [4.78, 5) is 22.7. The molecule has 0 aliphatic carbocycles. The number of aromatic hydroxyl groups is 1. The van der Waals surface area contributed by atoms with Crippen molar-refractivity contribution in [2.75, 3.05) is 0 Å². The molecule has 1 aromatic heterocycles. The van der Waals surface area contributed by atoms with Gasteiger partial charge in [-0.05, 0) is 24.3 Å². The summed E-state index contributed by atoms with van der Waals surface area (Å²) in [5.41, 5.74) is -2.09. The molecule has 0 radical (unpaired) electrons. The number of carbonyl (C=O) groups excluding carboxylic acids is 1. The number of hydrogen-bond acceptors (Lipinski definition) is 4. The molecule has 21 heavy (non-hydrogen) atoms. The largest absolute Gasteiger partial charge is 0.503 e. The van der Waals surface area contributed by atoms with E-state index in [-0.39, 0.29) is 5.69 Å². The van der Waals surface area contributed by atoms with E-state index in [9.17, 15) is 27.9 Å². The van der Waals surface area contributed by atoms with Gasteiger partial charge in [0.15, 0.2) is 17.2 Å². The van der Waals surface area contributed by atoms with Gasteiger partial charge < -0.3 is 5.11 Å². The van der Waals surface area contributed by atoms with Crippen molar-refractivity contribution >= 4 is 5.78 Å². The molecule has 0 amide bonds. The fraction of sp³-hybridized carbons (Fsp3) is 0.154. The SMILES string of the molecule is CC(=O)c1nn(-c2ccc(C(F)(F)F)cc2)cc(O)c1=O. The summed E-state index contributed by atoms with van der Waals surface area (Å²) >= 11 is 0. The number of aromatic nitrogens is 2. The van der Waals surface area contributed by atoms with Crippen LogP contribution in [0.15, 0.2) is 35.3 Å². The first-order chi connectivity index (χ1) is 9.70. The summed E-state index contributed by atoms with van der Waals surface area (Å²) in [7, 11) is 0. The van der Waals surface area contributed by atoms with Crippen LogP contribution in [0.3, 0.4) is 0 Å². The van der Waals surface area contributed by atoms with Crippen LogP contribution in [0.2, 0.25) is 0 Å². The maximum absolute atomic E-state index is 12.5. The molecule has 0 saturated heterocycles. The number of benzene rings is 1. The molecule has 0 aliphatic heterocycles. The summed E-state index contributed by atoms with van der Waals surface area (Å²) in [5.74, 6) is -1.37. The van der Waals surface area contributed by atoms with E-state index in [1.807, 2.05) is 0 Å². The lowest BCUT2D eigenvalue weighted by molar-refractivity contribution is -0.137. The molecule has 110 valence electrons. The molecule has 1 heterocycles. The minimum Gasteiger partial charge on any atom is -0.503 e. The maximum atomic E-state index is 12.5. The Labute approximate surface area is 116 Å². The fourth-order valence-electron chi connectivity index (χ4n) is 1.64. The van der Waals surface area contributed by atoms with Crippen LogP contribution < -0.4 is 5.43 Å². The zero-order valence-corrected chi connectivity index (χ0v) is 10.7. The molecular weight excluding hydrogens is 289 g/mol. The molecule has 0 fully saturated rings. The third-order valence-electron chi connectivity index (χ3n) is 2.69. The van der Waals surface area contributed by atoms with Gasteiger partial charge in [0.1, 0.15) is 0 Å². The molecule has 2 aromatic rings. The monoisotopic (exact) mass is 298 g/mol. The standard InChI is InChI=1S/C13H9F3N2O3/c1-7(19)11-12(21)10(20)6-18(17-11)9-4-2-8(3-5-9)13(14,15)16/h2-6,20H,1H3. The zero-order valence-electron chi connectivity index (χ0n) is 10.7. The number of alkyl halides is 3. The van der Waals surface area contributed by atoms with Gasteiger partial charge in [-0.15, -0.1) is 0 Å². The molecule has 8 heteroatoms. The van der Waals surface area contributed by atoms with Crippen LogP contribution in [-0.2, 0) is 6.18 Å². The van der Waals surface area contributed by atoms with E-state index in [4.69, 9.17) is 0 Å². The molecule has 0 saturated carbocycles. The predicted octanol–water partition coefficient (Wildman–Crippen LogP) is 2.16. The quantitative estimate of drug-likeness (QED) is 0.862. The number of Topliss-reactive ketones (excluding diaryl/α,β-unsaturated/α-hetero) is 1. The summed E-state index contributed by atoms with van der Waals surface area (Å²) in [6.07, 6.45) is -3.54. The Balaban J connectivity index is 2.52. The lowest BCUT2D eigenvalue weighted by atomic mass is 10.2. The van der Waals surface area contributed by atoms with Crippen LogP contribution in [0.1, 0.15) is 23.0 Å². The fourth-order valence-corrected chi connectivity index (χ4v) is 1.64. The molecule has 0 unspecified atom stereocenters. The van der Waals surface area contributed by atoms with Crippen LogP contribution in [-0.4, -0.2) is 20.7 Å². The van der Waals surface area contributed by atoms with Gasteiger partial charge in [-0.2, -0.15) is 18.3 Å². The molecule has 0 aliphatic rings. The summed E-state index contributed by atoms with van der Waals surface area (Å²) in [5, 5.41) is 13.2. The minimum atomic E-state index is -4.47. The average Bonchev–Trinajstić information content (AvgIpc) is 2.40. The van der Waals surface area contributed by atoms with Gasteiger partial charge in [0.2, 0.25) is 0 Å². The Bertz CT molecular complexity index is 749. The van der Waals surface area contributed by atoms with Crippen molar-refractivity contribution in [3.05, 3.63) is 51.9 Å². The highest BCUT2D eigenvalue weighted by molar-refractivity contribution is 5.92. The Morgan fingerprint density at radius 1 is 1.24 bits per heavy atom. The number of nitrogens with zero attached hydrogens (tertiary/aromatic N) is 2. The number of hydrogen-bond donors (Lipinski definition) is 1. The maximum Gasteiger partial charge on any atom is 0.416 e. The highest BCUT2D eigenvalue weighted by Gasteiger charge is 2.30. The van der Waals surface area contributed by atoms with Crippen LogP contribution in [0.5, 0.6) is 5.75 Å². The van der Waals surface area contributed by atoms with E-state index in [1.165, 1.54) is 0 Å². The third-order valence-corrected chi connectivity index (χ3v) is 2.69. The van der Waals surface area contributed by atoms with Gasteiger partial charge >= 0.3 is 6.18 Å². The van der Waals surface area contributed by atoms with Crippen LogP contribution >= 0.6 is 0 Å². The highest BCUT2D eigenvalue weighted by atomic mass is 19.4. The van der Waals surface area contributed by atoms with Gasteiger partial charge in [-0.25, -0.2) is 4.68 Å². The molecule has 1 aromatic carbocycles. The Morgan fingerprint density at radius 3 is 2.29 bits per heavy atom. The van der Waals surface area contributed by atoms with Crippen molar-refractivity contribution in [1.82, 2.24) is 9.78 Å². The first-order valence-corrected chi connectivity index (χ1v) is 5.71. The number of rotatable bonds is 2. The molecule has 2 rings (SSSR count). The smallest absolute Gasteiger partial charge is 0.416 e. The first-order valence-electron chi connectivity index (χ1n) is 5.71. The van der Waals surface area contributed by atoms with Gasteiger partial charge in [0.05, 0.1) is 17.4 Å². The lowest BCUT2D eigenvalue weighted by Crippen LogP contribution is -2.19. The Kier molecular flexibility index (Phi) is 3.54. The Hall–Kier alpha value is -2.64. The van der Waals surface area contributed by atoms with Gasteiger partial charge in [-0.1, -0.05) is 0 Å². The topological polar surface area (TPSA) is 72.2 Å². The van der Waals surface area contributed by atoms with Crippen LogP contribution in [0.25, 0.3) is 5.69 Å². The van der Waals surface area contributed by atoms with E-state index < -0.39 is 34.4 Å². The molecule has 0 spiro atoms. The second-order valence-electron chi connectivity index (χ2n) is 4.24. The predicted molar refractivity (Wildman–Crippen MR) is 66.5 cm³/mol. The van der Waals surface area contributed by atoms with Crippen molar-refractivity contribution in [1.29, 1.82) is 0 Å². The first kappa shape index (κ1) is 14.8. The summed E-state index contributed by atoms with van der Waals surface area (Å²) < 4.78 is 38.3. The third kappa shape index (κ3) is 2.93. The van der Waals surface area contributed by atoms with Crippen molar-refractivity contribution in [2.24, 2.45) is 0 Å². The summed E-state index contributed by atoms with van der Waals surface area (Å²) in [6.45, 7) is 1.10. The second kappa shape index (κ2) is 5.04. The summed E-state index contributed by atoms with van der Waals surface area (Å²) in [6, 6.07) is 3.90. The average molecular weight is 298 g/mol.